The van der Waals surface area contributed by atoms with Crippen LogP contribution in [0.25, 0.3) is 0 Å². The molecule has 1 aliphatic rings. The van der Waals surface area contributed by atoms with Gasteiger partial charge in [-0.3, -0.25) is 0 Å². The summed E-state index contributed by atoms with van der Waals surface area (Å²) in [6.07, 6.45) is 3.72. The number of fused-ring (bicyclic) bond motifs is 1. The van der Waals surface area contributed by atoms with Crippen LogP contribution in [0.1, 0.15) is 17.5 Å². The number of hydrogen-bond acceptors (Lipinski definition) is 4. The maximum Gasteiger partial charge on any atom is 0.141 e. The summed E-state index contributed by atoms with van der Waals surface area (Å²) in [5.74, 6) is 6.06. The molecule has 0 unspecified atom stereocenters. The Morgan fingerprint density at radius 3 is 2.89 bits per heavy atom. The van der Waals surface area contributed by atoms with E-state index in [1.165, 1.54) is 35.3 Å². The molecule has 1 aliphatic carbocycles. The summed E-state index contributed by atoms with van der Waals surface area (Å²) in [5, 5.41) is 0.961. The van der Waals surface area contributed by atoms with E-state index in [2.05, 4.69) is 28.6 Å². The number of aromatic nitrogens is 1. The van der Waals surface area contributed by atoms with Crippen molar-refractivity contribution in [2.24, 2.45) is 5.84 Å². The number of nitrogens with one attached hydrogen (secondary N) is 1. The molecule has 3 rings (SSSR count). The van der Waals surface area contributed by atoms with Crippen molar-refractivity contribution in [3.8, 4) is 0 Å². The number of pyridine rings is 1. The van der Waals surface area contributed by atoms with E-state index >= 15 is 0 Å². The Labute approximate surface area is 111 Å². The maximum absolute atomic E-state index is 5.36. The lowest BCUT2D eigenvalue weighted by Gasteiger charge is -2.05. The third-order valence-corrected chi connectivity index (χ3v) is 4.09. The van der Waals surface area contributed by atoms with Crippen LogP contribution >= 0.6 is 11.8 Å². The van der Waals surface area contributed by atoms with Gasteiger partial charge in [0.1, 0.15) is 10.8 Å². The zero-order chi connectivity index (χ0) is 12.4. The van der Waals surface area contributed by atoms with Gasteiger partial charge in [-0.25, -0.2) is 10.8 Å². The van der Waals surface area contributed by atoms with E-state index in [-0.39, 0.29) is 0 Å². The second-order valence-corrected chi connectivity index (χ2v) is 5.49. The number of aryl methyl sites for hydroxylation is 2. The van der Waals surface area contributed by atoms with Gasteiger partial charge in [0.2, 0.25) is 0 Å². The first-order chi connectivity index (χ1) is 8.85. The van der Waals surface area contributed by atoms with Crippen molar-refractivity contribution in [1.82, 2.24) is 4.98 Å². The number of nitrogens with two attached hydrogens (primary N) is 1. The minimum Gasteiger partial charge on any atom is -0.308 e. The van der Waals surface area contributed by atoms with Gasteiger partial charge >= 0.3 is 0 Å². The second-order valence-electron chi connectivity index (χ2n) is 4.39. The van der Waals surface area contributed by atoms with Crippen LogP contribution in [-0.2, 0) is 12.8 Å². The fourth-order valence-electron chi connectivity index (χ4n) is 2.28. The Morgan fingerprint density at radius 2 is 2.00 bits per heavy atom. The first-order valence-electron chi connectivity index (χ1n) is 6.08. The summed E-state index contributed by atoms with van der Waals surface area (Å²) in [5.41, 5.74) is 5.57. The molecule has 1 aromatic carbocycles. The average Bonchev–Trinajstić information content (AvgIpc) is 2.86. The highest BCUT2D eigenvalue weighted by atomic mass is 32.2. The summed E-state index contributed by atoms with van der Waals surface area (Å²) >= 11 is 1.68. The van der Waals surface area contributed by atoms with E-state index in [4.69, 9.17) is 5.84 Å². The lowest BCUT2D eigenvalue weighted by molar-refractivity contribution is 0.911. The summed E-state index contributed by atoms with van der Waals surface area (Å²) in [6, 6.07) is 12.5. The molecule has 0 aliphatic heterocycles. The standard InChI is InChI=1S/C14H15N3S/c15-17-13-5-2-6-14(16-13)18-12-8-7-10-3-1-4-11(10)9-12/h2,5-9H,1,3-4,15H2,(H,16,17). The predicted octanol–water partition coefficient (Wildman–Crippen LogP) is 3.01. The van der Waals surface area contributed by atoms with Gasteiger partial charge in [-0.15, -0.1) is 0 Å². The quantitative estimate of drug-likeness (QED) is 0.655. The zero-order valence-electron chi connectivity index (χ0n) is 10.0. The SMILES string of the molecule is NNc1cccc(Sc2ccc3c(c2)CCC3)n1. The van der Waals surface area contributed by atoms with Crippen molar-refractivity contribution < 1.29 is 0 Å². The number of hydrogen-bond donors (Lipinski definition) is 2. The highest BCUT2D eigenvalue weighted by molar-refractivity contribution is 7.99. The van der Waals surface area contributed by atoms with Gasteiger partial charge in [-0.1, -0.05) is 23.9 Å². The molecule has 1 aromatic heterocycles. The van der Waals surface area contributed by atoms with E-state index in [0.717, 1.165) is 5.03 Å². The Morgan fingerprint density at radius 1 is 1.11 bits per heavy atom. The van der Waals surface area contributed by atoms with Crippen molar-refractivity contribution in [2.75, 3.05) is 5.43 Å². The molecule has 0 fully saturated rings. The van der Waals surface area contributed by atoms with Crippen LogP contribution in [0.4, 0.5) is 5.82 Å². The molecule has 92 valence electrons. The van der Waals surface area contributed by atoms with Crippen molar-refractivity contribution in [1.29, 1.82) is 0 Å². The minimum atomic E-state index is 0.696. The molecular weight excluding hydrogens is 242 g/mol. The Hall–Kier alpha value is -1.52. The molecule has 0 atom stereocenters. The summed E-state index contributed by atoms with van der Waals surface area (Å²) in [6.45, 7) is 0. The molecule has 0 saturated heterocycles. The number of benzene rings is 1. The molecular formula is C14H15N3S. The Bertz CT molecular complexity index is 569. The Balaban J connectivity index is 1.83. The van der Waals surface area contributed by atoms with Crippen LogP contribution in [0.2, 0.25) is 0 Å². The van der Waals surface area contributed by atoms with Gasteiger partial charge in [0.15, 0.2) is 0 Å². The molecule has 18 heavy (non-hydrogen) atoms. The number of nitrogen functional groups attached to an aromatic ring is 1. The monoisotopic (exact) mass is 257 g/mol. The van der Waals surface area contributed by atoms with Crippen LogP contribution in [0.15, 0.2) is 46.3 Å². The summed E-state index contributed by atoms with van der Waals surface area (Å²) in [7, 11) is 0. The molecule has 1 heterocycles. The highest BCUT2D eigenvalue weighted by Gasteiger charge is 2.11. The summed E-state index contributed by atoms with van der Waals surface area (Å²) in [4.78, 5) is 5.65. The molecule has 0 spiro atoms. The van der Waals surface area contributed by atoms with Gasteiger partial charge in [0.25, 0.3) is 0 Å². The fraction of sp³-hybridized carbons (Fsp3) is 0.214. The van der Waals surface area contributed by atoms with Crippen molar-refractivity contribution in [3.63, 3.8) is 0 Å². The molecule has 2 aromatic rings. The molecule has 3 nitrogen and oxygen atoms in total. The molecule has 0 saturated carbocycles. The lowest BCUT2D eigenvalue weighted by atomic mass is 10.1. The van der Waals surface area contributed by atoms with Crippen LogP contribution in [0.5, 0.6) is 0 Å². The van der Waals surface area contributed by atoms with Crippen molar-refractivity contribution in [3.05, 3.63) is 47.5 Å². The number of rotatable bonds is 3. The zero-order valence-corrected chi connectivity index (χ0v) is 10.8. The van der Waals surface area contributed by atoms with Crippen LogP contribution in [-0.4, -0.2) is 4.98 Å². The third kappa shape index (κ3) is 2.35. The average molecular weight is 257 g/mol. The molecule has 0 amide bonds. The van der Waals surface area contributed by atoms with E-state index in [0.29, 0.717) is 5.82 Å². The lowest BCUT2D eigenvalue weighted by Crippen LogP contribution is -2.08. The second kappa shape index (κ2) is 5.00. The first-order valence-corrected chi connectivity index (χ1v) is 6.90. The van der Waals surface area contributed by atoms with Crippen molar-refractivity contribution in [2.45, 2.75) is 29.2 Å². The number of hydrazine groups is 1. The van der Waals surface area contributed by atoms with Gasteiger partial charge in [-0.05, 0) is 54.7 Å². The normalized spacial score (nSPS) is 13.4. The Kier molecular flexibility index (Phi) is 3.21. The largest absolute Gasteiger partial charge is 0.308 e. The van der Waals surface area contributed by atoms with E-state index < -0.39 is 0 Å². The van der Waals surface area contributed by atoms with E-state index in [1.54, 1.807) is 11.8 Å². The molecule has 4 heteroatoms. The van der Waals surface area contributed by atoms with Gasteiger partial charge in [0, 0.05) is 4.90 Å². The maximum atomic E-state index is 5.36. The van der Waals surface area contributed by atoms with E-state index in [9.17, 15) is 0 Å². The van der Waals surface area contributed by atoms with Crippen LogP contribution in [0, 0.1) is 0 Å². The smallest absolute Gasteiger partial charge is 0.141 e. The molecule has 0 radical (unpaired) electrons. The summed E-state index contributed by atoms with van der Waals surface area (Å²) < 4.78 is 0. The predicted molar refractivity (Wildman–Crippen MR) is 74.6 cm³/mol. The minimum absolute atomic E-state index is 0.696. The number of anilines is 1. The van der Waals surface area contributed by atoms with E-state index in [1.807, 2.05) is 18.2 Å². The van der Waals surface area contributed by atoms with Crippen molar-refractivity contribution >= 4 is 17.6 Å². The fourth-order valence-corrected chi connectivity index (χ4v) is 3.15. The number of nitrogens with zero attached hydrogens (tertiary/aromatic N) is 1. The van der Waals surface area contributed by atoms with Crippen LogP contribution < -0.4 is 11.3 Å². The molecule has 3 N–H and O–H groups in total. The first kappa shape index (κ1) is 11.6. The van der Waals surface area contributed by atoms with Gasteiger partial charge < -0.3 is 5.43 Å². The molecule has 0 bridgehead atoms. The topological polar surface area (TPSA) is 50.9 Å². The highest BCUT2D eigenvalue weighted by Crippen LogP contribution is 2.31. The third-order valence-electron chi connectivity index (χ3n) is 3.16. The van der Waals surface area contributed by atoms with Gasteiger partial charge in [-0.2, -0.15) is 0 Å². The van der Waals surface area contributed by atoms with Gasteiger partial charge in [0.05, 0.1) is 0 Å². The van der Waals surface area contributed by atoms with Crippen LogP contribution in [0.3, 0.4) is 0 Å².